The smallest absolute Gasteiger partial charge is 0.262 e. The summed E-state index contributed by atoms with van der Waals surface area (Å²) < 4.78 is 43.0. The minimum Gasteiger partial charge on any atom is -0.361 e. The zero-order chi connectivity index (χ0) is 77.4. The molecule has 0 saturated heterocycles. The average molecular weight is 1480 g/mol. The number of hydrogen-bond acceptors (Lipinski definition) is 18. The fourth-order valence-electron chi connectivity index (χ4n) is 13.9. The van der Waals surface area contributed by atoms with Gasteiger partial charge in [0.15, 0.2) is 17.0 Å². The Balaban J connectivity index is 0.000000125. The molecule has 10 aromatic heterocycles. The number of hydrogen-bond donors (Lipinski definition) is 5. The summed E-state index contributed by atoms with van der Waals surface area (Å²) in [7, 11) is 0. The predicted molar refractivity (Wildman–Crippen MR) is 429 cm³/mol. The van der Waals surface area contributed by atoms with Gasteiger partial charge in [0.2, 0.25) is 0 Å². The van der Waals surface area contributed by atoms with Crippen LogP contribution in [-0.2, 0) is 12.8 Å². The van der Waals surface area contributed by atoms with Gasteiger partial charge in [0.05, 0.1) is 86.1 Å². The third kappa shape index (κ3) is 15.2. The molecule has 3 atom stereocenters. The van der Waals surface area contributed by atoms with E-state index in [9.17, 15) is 32.3 Å². The van der Waals surface area contributed by atoms with Crippen molar-refractivity contribution in [3.05, 3.63) is 352 Å². The number of carbonyl (C=O) groups excluding carboxylic acids is 2. The number of nitrogens with zero attached hydrogens (tertiary/aromatic N) is 11. The van der Waals surface area contributed by atoms with Crippen molar-refractivity contribution in [2.45, 2.75) is 51.7 Å². The van der Waals surface area contributed by atoms with Gasteiger partial charge in [0.25, 0.3) is 5.56 Å². The van der Waals surface area contributed by atoms with E-state index < -0.39 is 0 Å². The van der Waals surface area contributed by atoms with Crippen molar-refractivity contribution < 1.29 is 22.8 Å². The second kappa shape index (κ2) is 32.5. The third-order valence-corrected chi connectivity index (χ3v) is 18.9. The molecular weight excluding hydrogens is 1410 g/mol. The maximum atomic E-state index is 14.5. The van der Waals surface area contributed by atoms with Crippen LogP contribution in [0.5, 0.6) is 0 Å². The first-order valence-corrected chi connectivity index (χ1v) is 35.9. The van der Waals surface area contributed by atoms with E-state index in [0.29, 0.717) is 96.9 Å². The summed E-state index contributed by atoms with van der Waals surface area (Å²) in [5.74, 6) is -0.518. The summed E-state index contributed by atoms with van der Waals surface area (Å²) in [5.41, 5.74) is 22.3. The summed E-state index contributed by atoms with van der Waals surface area (Å²) in [5, 5.41) is 9.23. The summed E-state index contributed by atoms with van der Waals surface area (Å²) in [6.45, 7) is 5.84. The van der Waals surface area contributed by atoms with E-state index in [1.165, 1.54) is 67.5 Å². The highest BCUT2D eigenvalue weighted by atomic mass is 19.1. The Bertz CT molecular complexity index is 6420. The van der Waals surface area contributed by atoms with Crippen LogP contribution in [0.2, 0.25) is 0 Å². The SMILES string of the molecule is C[C@H](N)c1nc2ccc(F)cc2c(-c2ccccn2)c1-c1ccccc1.C[C@H](Nc1ncnc2[nH]ccc(=O)c12)c1nc2ccc(F)cc2c(-c2ccccn2)c1-c1ccccc1.C[C@H](Nc1ncnc2c1C(=O)C=CC2)c1nc2ccc(F)cc2c(-c2ccccn2)c1-c1ccccc1.O=C1C=CCc2nc[nH]c(=O)c21. The monoisotopic (exact) mass is 1480 g/mol. The molecule has 0 aliphatic heterocycles. The predicted octanol–water partition coefficient (Wildman–Crippen LogP) is 17.5. The van der Waals surface area contributed by atoms with Crippen LogP contribution in [0.1, 0.15) is 88.1 Å². The Morgan fingerprint density at radius 1 is 0.402 bits per heavy atom. The number of aromatic amines is 2. The van der Waals surface area contributed by atoms with Crippen LogP contribution in [-0.4, -0.2) is 76.4 Å². The summed E-state index contributed by atoms with van der Waals surface area (Å²) in [6, 6.07) is 60.9. The summed E-state index contributed by atoms with van der Waals surface area (Å²) in [4.78, 5) is 103. The van der Waals surface area contributed by atoms with E-state index in [1.54, 1.807) is 55.1 Å². The number of H-pyrrole nitrogens is 2. The molecule has 112 heavy (non-hydrogen) atoms. The number of carbonyl (C=O) groups is 2. The van der Waals surface area contributed by atoms with Crippen LogP contribution in [0, 0.1) is 17.5 Å². The molecule has 0 fully saturated rings. The summed E-state index contributed by atoms with van der Waals surface area (Å²) >= 11 is 0. The lowest BCUT2D eigenvalue weighted by Crippen LogP contribution is -2.22. The van der Waals surface area contributed by atoms with Crippen LogP contribution >= 0.6 is 0 Å². The van der Waals surface area contributed by atoms with Gasteiger partial charge in [-0.2, -0.15) is 0 Å². The van der Waals surface area contributed by atoms with Crippen molar-refractivity contribution in [1.29, 1.82) is 0 Å². The number of halogens is 3. The lowest BCUT2D eigenvalue weighted by molar-refractivity contribution is 0.103. The van der Waals surface area contributed by atoms with Gasteiger partial charge in [-0.05, 0) is 141 Å². The maximum absolute atomic E-state index is 14.5. The van der Waals surface area contributed by atoms with Gasteiger partial charge < -0.3 is 26.3 Å². The van der Waals surface area contributed by atoms with Crippen molar-refractivity contribution in [1.82, 2.24) is 64.8 Å². The minimum absolute atomic E-state index is 0.129. The minimum atomic E-state index is -0.384. The zero-order valence-electron chi connectivity index (χ0n) is 60.4. The molecule has 0 radical (unpaired) electrons. The molecule has 2 aliphatic rings. The quantitative estimate of drug-likeness (QED) is 0.0717. The number of ketones is 2. The van der Waals surface area contributed by atoms with Gasteiger partial charge in [-0.25, -0.2) is 48.1 Å². The topological polar surface area (TPSA) is 292 Å². The van der Waals surface area contributed by atoms with Gasteiger partial charge in [0, 0.05) is 99.3 Å². The number of pyridine rings is 7. The van der Waals surface area contributed by atoms with E-state index in [1.807, 2.05) is 172 Å². The molecule has 0 bridgehead atoms. The third-order valence-electron chi connectivity index (χ3n) is 18.9. The lowest BCUT2D eigenvalue weighted by atomic mass is 9.90. The standard InChI is InChI=1S/C30H22FN5O.C29H21FN6O.C22H18FN3.C8H6N2O2/c1-18(35-30-28-24(33-17-34-30)11-7-12-25(28)37)29-26(19-8-3-2-4-9-19)27(23-10-5-6-15-32-23)21-16-20(31)13-14-22(21)36-29;1-17(35-29-26-23(37)12-14-32-28(26)33-16-34-29)27-24(18-7-3-2-4-8-18)25(22-9-5-6-13-31-22)20-15-19(30)10-11-21(20)36-27;1-14(24)22-20(15-7-3-2-4-8-15)21(19-9-5-6-12-25-19)17-13-16(23)10-11-18(17)26-22;11-6-3-1-2-5-7(6)8(12)10-4-9-5/h2-10,12-18H,11H2,1H3,(H,33,34,35);2-17H,1H3,(H2,32,33,34,35,37);2-14H,24H2,1H3;1,3-4H,2H2,(H,9,10,12)/t18-;17-;14-;/m000./s1. The van der Waals surface area contributed by atoms with Crippen molar-refractivity contribution in [3.8, 4) is 67.2 Å². The first kappa shape index (κ1) is 73.0. The number of allylic oxidation sites excluding steroid dienone is 4. The number of nitrogens with one attached hydrogen (secondary N) is 4. The number of aromatic nitrogens is 13. The number of nitrogens with two attached hydrogens (primary N) is 1. The maximum Gasteiger partial charge on any atom is 0.262 e. The first-order valence-electron chi connectivity index (χ1n) is 35.9. The number of benzene rings is 6. The molecule has 18 rings (SSSR count). The van der Waals surface area contributed by atoms with Crippen LogP contribution in [0.4, 0.5) is 24.8 Å². The molecule has 23 heteroatoms. The second-order valence-electron chi connectivity index (χ2n) is 26.3. The number of anilines is 2. The molecule has 16 aromatic rings. The van der Waals surface area contributed by atoms with Gasteiger partial charge in [-0.15, -0.1) is 0 Å². The zero-order valence-corrected chi connectivity index (χ0v) is 60.4. The highest BCUT2D eigenvalue weighted by Gasteiger charge is 2.29. The molecule has 10 heterocycles. The highest BCUT2D eigenvalue weighted by Crippen LogP contribution is 2.45. The van der Waals surface area contributed by atoms with Crippen LogP contribution in [0.3, 0.4) is 0 Å². The van der Waals surface area contributed by atoms with Crippen LogP contribution in [0.25, 0.3) is 111 Å². The molecule has 0 amide bonds. The Kier molecular flexibility index (Phi) is 21.2. The normalized spacial score (nSPS) is 12.8. The van der Waals surface area contributed by atoms with Gasteiger partial charge in [-0.3, -0.25) is 39.1 Å². The largest absolute Gasteiger partial charge is 0.361 e. The molecule has 2 aliphatic carbocycles. The van der Waals surface area contributed by atoms with Crippen molar-refractivity contribution in [3.63, 3.8) is 0 Å². The molecule has 548 valence electrons. The molecule has 0 saturated carbocycles. The molecular formula is C89H67F3N16O4. The Morgan fingerprint density at radius 2 is 0.812 bits per heavy atom. The second-order valence-corrected chi connectivity index (χ2v) is 26.3. The Hall–Kier alpha value is -14.6. The first-order chi connectivity index (χ1) is 54.6. The summed E-state index contributed by atoms with van der Waals surface area (Å²) in [6.07, 6.45) is 18.5. The highest BCUT2D eigenvalue weighted by molar-refractivity contribution is 6.10. The van der Waals surface area contributed by atoms with Crippen LogP contribution < -0.4 is 27.4 Å². The Labute approximate surface area is 638 Å². The number of rotatable bonds is 13. The van der Waals surface area contributed by atoms with Crippen LogP contribution in [0.15, 0.2) is 284 Å². The van der Waals surface area contributed by atoms with Crippen molar-refractivity contribution in [2.24, 2.45) is 5.73 Å². The molecule has 20 nitrogen and oxygen atoms in total. The van der Waals surface area contributed by atoms with Gasteiger partial charge >= 0.3 is 0 Å². The van der Waals surface area contributed by atoms with Crippen molar-refractivity contribution >= 4 is 66.9 Å². The fraction of sp³-hybridized carbons (Fsp3) is 0.0899. The van der Waals surface area contributed by atoms with Gasteiger partial charge in [-0.1, -0.05) is 121 Å². The van der Waals surface area contributed by atoms with E-state index in [4.69, 9.17) is 20.7 Å². The molecule has 0 unspecified atom stereocenters. The molecule has 0 spiro atoms. The fourth-order valence-corrected chi connectivity index (χ4v) is 13.9. The molecule has 6 N–H and O–H groups in total. The van der Waals surface area contributed by atoms with Crippen molar-refractivity contribution in [2.75, 3.05) is 10.6 Å². The van der Waals surface area contributed by atoms with E-state index >= 15 is 0 Å². The number of fused-ring (bicyclic) bond motifs is 6. The van der Waals surface area contributed by atoms with E-state index in [-0.39, 0.29) is 63.7 Å². The Morgan fingerprint density at radius 3 is 1.26 bits per heavy atom. The van der Waals surface area contributed by atoms with Gasteiger partial charge in [0.1, 0.15) is 58.3 Å². The van der Waals surface area contributed by atoms with E-state index in [2.05, 4.69) is 60.5 Å². The lowest BCUT2D eigenvalue weighted by Gasteiger charge is -2.23. The molecule has 6 aromatic carbocycles. The van der Waals surface area contributed by atoms with E-state index in [0.717, 1.165) is 72.5 Å². The average Bonchev–Trinajstić information content (AvgIpc) is 0.757.